The Balaban J connectivity index is 1.49. The van der Waals surface area contributed by atoms with Gasteiger partial charge in [-0.3, -0.25) is 9.78 Å². The van der Waals surface area contributed by atoms with E-state index >= 15 is 0 Å². The molecule has 1 fully saturated rings. The number of carbonyl (C=O) groups is 1. The Morgan fingerprint density at radius 3 is 2.10 bits per heavy atom. The van der Waals surface area contributed by atoms with Crippen LogP contribution in [0.25, 0.3) is 5.57 Å². The topological polar surface area (TPSA) is 42.4 Å². The van der Waals surface area contributed by atoms with E-state index in [1.165, 1.54) is 25.1 Å². The summed E-state index contributed by atoms with van der Waals surface area (Å²) in [6, 6.07) is 10.0. The van der Waals surface area contributed by atoms with E-state index in [1.54, 1.807) is 41.6 Å². The molecule has 2 aliphatic heterocycles. The van der Waals surface area contributed by atoms with Gasteiger partial charge in [0.25, 0.3) is 0 Å². The van der Waals surface area contributed by atoms with Crippen molar-refractivity contribution in [3.63, 3.8) is 0 Å². The highest BCUT2D eigenvalue weighted by atomic mass is 19.4. The van der Waals surface area contributed by atoms with Gasteiger partial charge in [-0.2, -0.15) is 26.3 Å². The molecule has 0 saturated carbocycles. The molecule has 40 heavy (non-hydrogen) atoms. The van der Waals surface area contributed by atoms with Crippen LogP contribution in [0.4, 0.5) is 30.7 Å². The van der Waals surface area contributed by atoms with Crippen LogP contribution < -0.4 is 0 Å². The average molecular weight is 565 g/mol. The number of alkyl halides is 6. The van der Waals surface area contributed by atoms with E-state index in [0.717, 1.165) is 11.1 Å². The first-order valence-corrected chi connectivity index (χ1v) is 12.4. The van der Waals surface area contributed by atoms with Crippen LogP contribution in [0.5, 0.6) is 0 Å². The molecule has 210 valence electrons. The van der Waals surface area contributed by atoms with Gasteiger partial charge in [-0.25, -0.2) is 4.39 Å². The van der Waals surface area contributed by atoms with E-state index in [0.29, 0.717) is 24.1 Å². The molecule has 3 unspecified atom stereocenters. The van der Waals surface area contributed by atoms with E-state index < -0.39 is 53.5 Å². The molecule has 2 aliphatic rings. The number of halogens is 7. The molecule has 0 aliphatic carbocycles. The minimum atomic E-state index is -5.00. The van der Waals surface area contributed by atoms with Crippen LogP contribution in [0.1, 0.15) is 53.2 Å². The highest BCUT2D eigenvalue weighted by Crippen LogP contribution is 2.45. The van der Waals surface area contributed by atoms with Crippen molar-refractivity contribution in [2.45, 2.75) is 49.9 Å². The van der Waals surface area contributed by atoms with Gasteiger partial charge in [0, 0.05) is 37.0 Å². The lowest BCUT2D eigenvalue weighted by Gasteiger charge is -2.33. The van der Waals surface area contributed by atoms with Crippen LogP contribution in [0.3, 0.4) is 0 Å². The summed E-state index contributed by atoms with van der Waals surface area (Å²) in [6.07, 6.45) is -6.86. The standard InChI is InChI=1S/C29H23F7N2O2/c1-16(19-10-21(28(31,32)33)14-22(11-19)29(34,35)36)40-25-15-38-24(27(25)18-2-4-23(30)5-3-18)12-20(13-26(38)39)17-6-8-37-9-7-17/h2-11,13-14,16,24-25,27H,12,15H2,1H3/t16?,24?,25-,27?/m0/s1. The Morgan fingerprint density at radius 1 is 0.925 bits per heavy atom. The predicted octanol–water partition coefficient (Wildman–Crippen LogP) is 7.19. The molecular weight excluding hydrogens is 541 g/mol. The molecule has 4 nitrogen and oxygen atoms in total. The minimum Gasteiger partial charge on any atom is -0.368 e. The normalized spacial score (nSPS) is 22.2. The molecule has 11 heteroatoms. The molecule has 5 rings (SSSR count). The largest absolute Gasteiger partial charge is 0.416 e. The summed E-state index contributed by atoms with van der Waals surface area (Å²) in [7, 11) is 0. The zero-order valence-corrected chi connectivity index (χ0v) is 21.0. The van der Waals surface area contributed by atoms with E-state index in [4.69, 9.17) is 4.74 Å². The first kappa shape index (κ1) is 27.8. The van der Waals surface area contributed by atoms with E-state index in [2.05, 4.69) is 4.98 Å². The first-order chi connectivity index (χ1) is 18.8. The molecular formula is C29H23F7N2O2. The zero-order valence-electron chi connectivity index (χ0n) is 21.0. The van der Waals surface area contributed by atoms with Crippen LogP contribution in [0.15, 0.2) is 73.1 Å². The summed E-state index contributed by atoms with van der Waals surface area (Å²) in [6.45, 7) is 1.43. The maximum atomic E-state index is 13.8. The number of carbonyl (C=O) groups excluding carboxylic acids is 1. The lowest BCUT2D eigenvalue weighted by atomic mass is 9.83. The molecule has 0 radical (unpaired) electrons. The minimum absolute atomic E-state index is 0.0566. The molecule has 0 N–H and O–H groups in total. The van der Waals surface area contributed by atoms with Crippen molar-refractivity contribution in [2.75, 3.05) is 6.54 Å². The van der Waals surface area contributed by atoms with Crippen LogP contribution in [-0.4, -0.2) is 34.5 Å². The van der Waals surface area contributed by atoms with Crippen molar-refractivity contribution in [1.82, 2.24) is 9.88 Å². The quantitative estimate of drug-likeness (QED) is 0.308. The fourth-order valence-corrected chi connectivity index (χ4v) is 5.46. The molecule has 1 amide bonds. The van der Waals surface area contributed by atoms with Gasteiger partial charge in [0.05, 0.1) is 23.3 Å². The summed E-state index contributed by atoms with van der Waals surface area (Å²) in [4.78, 5) is 18.8. The Bertz CT molecular complexity index is 1390. The summed E-state index contributed by atoms with van der Waals surface area (Å²) < 4.78 is 101. The zero-order chi connectivity index (χ0) is 28.8. The first-order valence-electron chi connectivity index (χ1n) is 12.4. The third-order valence-corrected chi connectivity index (χ3v) is 7.37. The second-order valence-corrected chi connectivity index (χ2v) is 9.90. The highest BCUT2D eigenvalue weighted by molar-refractivity contribution is 5.97. The van der Waals surface area contributed by atoms with Gasteiger partial charge in [0.15, 0.2) is 0 Å². The lowest BCUT2D eigenvalue weighted by molar-refractivity contribution is -0.143. The Hall–Kier alpha value is -3.73. The van der Waals surface area contributed by atoms with Gasteiger partial charge in [-0.1, -0.05) is 12.1 Å². The van der Waals surface area contributed by atoms with Gasteiger partial charge in [-0.15, -0.1) is 0 Å². The Morgan fingerprint density at radius 2 is 1.52 bits per heavy atom. The number of benzene rings is 2. The second-order valence-electron chi connectivity index (χ2n) is 9.90. The van der Waals surface area contributed by atoms with E-state index in [9.17, 15) is 35.5 Å². The number of fused-ring (bicyclic) bond motifs is 1. The van der Waals surface area contributed by atoms with Gasteiger partial charge < -0.3 is 9.64 Å². The lowest BCUT2D eigenvalue weighted by Crippen LogP contribution is -2.39. The highest BCUT2D eigenvalue weighted by Gasteiger charge is 2.48. The molecule has 3 aromatic rings. The smallest absolute Gasteiger partial charge is 0.368 e. The average Bonchev–Trinajstić information content (AvgIpc) is 3.26. The Labute approximate surface area is 225 Å². The second kappa shape index (κ2) is 10.3. The van der Waals surface area contributed by atoms with Gasteiger partial charge >= 0.3 is 12.4 Å². The van der Waals surface area contributed by atoms with Crippen molar-refractivity contribution >= 4 is 11.5 Å². The molecule has 1 saturated heterocycles. The number of rotatable bonds is 5. The molecule has 4 atom stereocenters. The van der Waals surface area contributed by atoms with Crippen LogP contribution in [0.2, 0.25) is 0 Å². The van der Waals surface area contributed by atoms with Crippen molar-refractivity contribution < 1.29 is 40.3 Å². The SMILES string of the molecule is CC(O[C@H]1CN2C(=O)C=C(c3ccncc3)CC2C1c1ccc(F)cc1)c1cc(C(F)(F)F)cc(C(F)(F)F)c1. The van der Waals surface area contributed by atoms with Crippen LogP contribution in [0, 0.1) is 5.82 Å². The van der Waals surface area contributed by atoms with Crippen molar-refractivity contribution in [3.8, 4) is 0 Å². The van der Waals surface area contributed by atoms with E-state index in [1.807, 2.05) is 0 Å². The monoisotopic (exact) mass is 564 g/mol. The maximum Gasteiger partial charge on any atom is 0.416 e. The van der Waals surface area contributed by atoms with Crippen LogP contribution >= 0.6 is 0 Å². The number of pyridine rings is 1. The molecule has 3 heterocycles. The number of aromatic nitrogens is 1. The van der Waals surface area contributed by atoms with Gasteiger partial charge in [-0.05, 0) is 78.1 Å². The number of hydrogen-bond acceptors (Lipinski definition) is 3. The summed E-state index contributed by atoms with van der Waals surface area (Å²) in [5.41, 5.74) is -0.993. The van der Waals surface area contributed by atoms with Crippen molar-refractivity contribution in [3.05, 3.63) is 107 Å². The predicted molar refractivity (Wildman–Crippen MR) is 131 cm³/mol. The molecule has 1 aromatic heterocycles. The van der Waals surface area contributed by atoms with Crippen LogP contribution in [-0.2, 0) is 21.9 Å². The molecule has 2 aromatic carbocycles. The van der Waals surface area contributed by atoms with Crippen molar-refractivity contribution in [2.24, 2.45) is 0 Å². The van der Waals surface area contributed by atoms with Gasteiger partial charge in [0.2, 0.25) is 5.91 Å². The summed E-state index contributed by atoms with van der Waals surface area (Å²) >= 11 is 0. The summed E-state index contributed by atoms with van der Waals surface area (Å²) in [5.74, 6) is -1.30. The third-order valence-electron chi connectivity index (χ3n) is 7.37. The number of nitrogens with zero attached hydrogens (tertiary/aromatic N) is 2. The van der Waals surface area contributed by atoms with Crippen molar-refractivity contribution in [1.29, 1.82) is 0 Å². The van der Waals surface area contributed by atoms with E-state index in [-0.39, 0.29) is 24.1 Å². The number of hydrogen-bond donors (Lipinski definition) is 0. The maximum absolute atomic E-state index is 13.8. The Kier molecular flexibility index (Phi) is 7.20. The fraction of sp³-hybridized carbons (Fsp3) is 0.310. The number of ether oxygens (including phenoxy) is 1. The molecule has 0 bridgehead atoms. The fourth-order valence-electron chi connectivity index (χ4n) is 5.46. The third kappa shape index (κ3) is 5.60. The number of amides is 1. The molecule has 0 spiro atoms. The van der Waals surface area contributed by atoms with Gasteiger partial charge in [0.1, 0.15) is 5.82 Å². The summed E-state index contributed by atoms with van der Waals surface area (Å²) in [5, 5.41) is 0.